The molecule has 0 spiro atoms. The molecule has 0 bridgehead atoms. The first kappa shape index (κ1) is 17.6. The van der Waals surface area contributed by atoms with Crippen molar-refractivity contribution in [1.29, 1.82) is 0 Å². The zero-order chi connectivity index (χ0) is 17.6. The van der Waals surface area contributed by atoms with E-state index in [1.54, 1.807) is 10.7 Å². The van der Waals surface area contributed by atoms with Crippen LogP contribution >= 0.6 is 0 Å². The second-order valence-corrected chi connectivity index (χ2v) is 6.72. The normalized spacial score (nSPS) is 17.2. The van der Waals surface area contributed by atoms with Crippen LogP contribution in [-0.2, 0) is 23.1 Å². The van der Waals surface area contributed by atoms with E-state index in [0.717, 1.165) is 32.5 Å². The lowest BCUT2D eigenvalue weighted by molar-refractivity contribution is -0.117. The number of benzene rings is 1. The minimum Gasteiger partial charge on any atom is -0.377 e. The van der Waals surface area contributed by atoms with Crippen molar-refractivity contribution >= 4 is 11.7 Å². The molecule has 134 valence electrons. The molecule has 1 amide bonds. The molecule has 2 heterocycles. The first-order valence-electron chi connectivity index (χ1n) is 8.77. The fourth-order valence-electron chi connectivity index (χ4n) is 3.20. The first-order valence-corrected chi connectivity index (χ1v) is 8.77. The van der Waals surface area contributed by atoms with Gasteiger partial charge in [-0.05, 0) is 25.3 Å². The summed E-state index contributed by atoms with van der Waals surface area (Å²) in [4.78, 5) is 14.6. The predicted molar refractivity (Wildman–Crippen MR) is 97.3 cm³/mol. The summed E-state index contributed by atoms with van der Waals surface area (Å²) in [5, 5.41) is 7.06. The average Bonchev–Trinajstić information content (AvgIpc) is 3.19. The van der Waals surface area contributed by atoms with Gasteiger partial charge < -0.3 is 10.1 Å². The standard InChI is InChI=1S/C19H26N4O2/c1-15-5-3-6-16(11-15)12-23(13-17-7-4-10-25-17)14-19(24)20-18-8-9-22(2)21-18/h3,5-6,8-9,11,17H,4,7,10,12-14H2,1-2H3,(H,20,21,24)/t17-/m1/s1. The topological polar surface area (TPSA) is 59.4 Å². The van der Waals surface area contributed by atoms with E-state index in [4.69, 9.17) is 4.74 Å². The molecule has 1 aromatic heterocycles. The number of rotatable bonds is 7. The number of aromatic nitrogens is 2. The Bertz CT molecular complexity index is 707. The molecule has 0 unspecified atom stereocenters. The number of anilines is 1. The van der Waals surface area contributed by atoms with Gasteiger partial charge in [0.1, 0.15) is 0 Å². The minimum atomic E-state index is -0.0515. The van der Waals surface area contributed by atoms with Gasteiger partial charge in [-0.25, -0.2) is 0 Å². The highest BCUT2D eigenvalue weighted by molar-refractivity contribution is 5.91. The van der Waals surface area contributed by atoms with E-state index in [0.29, 0.717) is 12.4 Å². The van der Waals surface area contributed by atoms with E-state index < -0.39 is 0 Å². The highest BCUT2D eigenvalue weighted by Crippen LogP contribution is 2.16. The summed E-state index contributed by atoms with van der Waals surface area (Å²) in [6, 6.07) is 10.2. The molecular weight excluding hydrogens is 316 g/mol. The van der Waals surface area contributed by atoms with Crippen LogP contribution in [0, 0.1) is 6.92 Å². The number of hydrogen-bond acceptors (Lipinski definition) is 4. The van der Waals surface area contributed by atoms with Crippen LogP contribution in [0.3, 0.4) is 0 Å². The average molecular weight is 342 g/mol. The number of hydrogen-bond donors (Lipinski definition) is 1. The van der Waals surface area contributed by atoms with Crippen molar-refractivity contribution in [1.82, 2.24) is 14.7 Å². The number of aryl methyl sites for hydroxylation is 2. The van der Waals surface area contributed by atoms with Gasteiger partial charge in [-0.2, -0.15) is 5.10 Å². The molecule has 1 N–H and O–H groups in total. The van der Waals surface area contributed by atoms with Gasteiger partial charge >= 0.3 is 0 Å². The molecule has 25 heavy (non-hydrogen) atoms. The lowest BCUT2D eigenvalue weighted by atomic mass is 10.1. The molecule has 2 aromatic rings. The number of amides is 1. The second kappa shape index (κ2) is 8.27. The lowest BCUT2D eigenvalue weighted by Gasteiger charge is -2.24. The van der Waals surface area contributed by atoms with Crippen molar-refractivity contribution < 1.29 is 9.53 Å². The SMILES string of the molecule is Cc1cccc(CN(CC(=O)Nc2ccn(C)n2)C[C@H]2CCCO2)c1. The minimum absolute atomic E-state index is 0.0515. The van der Waals surface area contributed by atoms with Gasteiger partial charge in [0, 0.05) is 39.0 Å². The van der Waals surface area contributed by atoms with E-state index in [1.165, 1.54) is 11.1 Å². The third-order valence-corrected chi connectivity index (χ3v) is 4.32. The zero-order valence-corrected chi connectivity index (χ0v) is 14.9. The van der Waals surface area contributed by atoms with Gasteiger partial charge in [0.15, 0.2) is 5.82 Å². The molecule has 1 aromatic carbocycles. The van der Waals surface area contributed by atoms with Crippen LogP contribution in [0.5, 0.6) is 0 Å². The Labute approximate surface area is 148 Å². The van der Waals surface area contributed by atoms with Gasteiger partial charge in [-0.3, -0.25) is 14.4 Å². The number of ether oxygens (including phenoxy) is 1. The predicted octanol–water partition coefficient (Wildman–Crippen LogP) is 2.35. The number of carbonyl (C=O) groups is 1. The second-order valence-electron chi connectivity index (χ2n) is 6.72. The summed E-state index contributed by atoms with van der Waals surface area (Å²) in [6.07, 6.45) is 4.19. The Morgan fingerprint density at radius 2 is 2.32 bits per heavy atom. The third-order valence-electron chi connectivity index (χ3n) is 4.32. The fraction of sp³-hybridized carbons (Fsp3) is 0.474. The van der Waals surface area contributed by atoms with Crippen molar-refractivity contribution in [2.45, 2.75) is 32.4 Å². The molecule has 3 rings (SSSR count). The van der Waals surface area contributed by atoms with Crippen LogP contribution in [-0.4, -0.2) is 46.4 Å². The summed E-state index contributed by atoms with van der Waals surface area (Å²) in [5.41, 5.74) is 2.44. The van der Waals surface area contributed by atoms with Gasteiger partial charge in [0.2, 0.25) is 5.91 Å². The van der Waals surface area contributed by atoms with E-state index >= 15 is 0 Å². The highest BCUT2D eigenvalue weighted by atomic mass is 16.5. The summed E-state index contributed by atoms with van der Waals surface area (Å²) in [6.45, 7) is 4.73. The molecule has 1 atom stereocenters. The molecule has 1 saturated heterocycles. The Morgan fingerprint density at radius 3 is 3.00 bits per heavy atom. The first-order chi connectivity index (χ1) is 12.1. The van der Waals surface area contributed by atoms with Gasteiger partial charge in [-0.1, -0.05) is 29.8 Å². The van der Waals surface area contributed by atoms with Crippen LogP contribution in [0.15, 0.2) is 36.5 Å². The number of nitrogens with one attached hydrogen (secondary N) is 1. The summed E-state index contributed by atoms with van der Waals surface area (Å²) in [5.74, 6) is 0.532. The third kappa shape index (κ3) is 5.41. The van der Waals surface area contributed by atoms with Crippen molar-refractivity contribution in [3.8, 4) is 0 Å². The molecular formula is C19H26N4O2. The molecule has 6 nitrogen and oxygen atoms in total. The lowest BCUT2D eigenvalue weighted by Crippen LogP contribution is -2.38. The summed E-state index contributed by atoms with van der Waals surface area (Å²) < 4.78 is 7.43. The Morgan fingerprint density at radius 1 is 1.44 bits per heavy atom. The maximum Gasteiger partial charge on any atom is 0.239 e. The van der Waals surface area contributed by atoms with Crippen molar-refractivity contribution in [3.63, 3.8) is 0 Å². The number of carbonyl (C=O) groups excluding carboxylic acids is 1. The van der Waals surface area contributed by atoms with E-state index in [1.807, 2.05) is 13.2 Å². The molecule has 0 radical (unpaired) electrons. The quantitative estimate of drug-likeness (QED) is 0.839. The van der Waals surface area contributed by atoms with Crippen LogP contribution in [0.2, 0.25) is 0 Å². The van der Waals surface area contributed by atoms with E-state index in [9.17, 15) is 4.79 Å². The van der Waals surface area contributed by atoms with Crippen LogP contribution in [0.1, 0.15) is 24.0 Å². The summed E-state index contributed by atoms with van der Waals surface area (Å²) >= 11 is 0. The van der Waals surface area contributed by atoms with Crippen LogP contribution in [0.25, 0.3) is 0 Å². The van der Waals surface area contributed by atoms with Crippen molar-refractivity contribution in [2.75, 3.05) is 25.0 Å². The molecule has 6 heteroatoms. The summed E-state index contributed by atoms with van der Waals surface area (Å²) in [7, 11) is 1.83. The van der Waals surface area contributed by atoms with E-state index in [-0.39, 0.29) is 12.0 Å². The highest BCUT2D eigenvalue weighted by Gasteiger charge is 2.21. The smallest absolute Gasteiger partial charge is 0.239 e. The van der Waals surface area contributed by atoms with Gasteiger partial charge in [0.25, 0.3) is 0 Å². The monoisotopic (exact) mass is 342 g/mol. The maximum atomic E-state index is 12.4. The van der Waals surface area contributed by atoms with Gasteiger partial charge in [0.05, 0.1) is 12.6 Å². The van der Waals surface area contributed by atoms with Crippen molar-refractivity contribution in [2.24, 2.45) is 7.05 Å². The molecule has 0 aliphatic carbocycles. The van der Waals surface area contributed by atoms with Gasteiger partial charge in [-0.15, -0.1) is 0 Å². The fourth-order valence-corrected chi connectivity index (χ4v) is 3.20. The van der Waals surface area contributed by atoms with Crippen molar-refractivity contribution in [3.05, 3.63) is 47.7 Å². The molecule has 0 saturated carbocycles. The maximum absolute atomic E-state index is 12.4. The molecule has 1 aliphatic rings. The van der Waals surface area contributed by atoms with E-state index in [2.05, 4.69) is 46.5 Å². The molecule has 1 aliphatic heterocycles. The largest absolute Gasteiger partial charge is 0.377 e. The number of nitrogens with zero attached hydrogens (tertiary/aromatic N) is 3. The molecule has 1 fully saturated rings. The Kier molecular flexibility index (Phi) is 5.83. The van der Waals surface area contributed by atoms with Crippen LogP contribution in [0.4, 0.5) is 5.82 Å². The zero-order valence-electron chi connectivity index (χ0n) is 14.9. The Hall–Kier alpha value is -2.18. The van der Waals surface area contributed by atoms with Crippen LogP contribution < -0.4 is 5.32 Å². The Balaban J connectivity index is 1.63.